The Morgan fingerprint density at radius 3 is 2.50 bits per heavy atom. The van der Waals surface area contributed by atoms with Crippen LogP contribution in [0.5, 0.6) is 11.5 Å². The highest BCUT2D eigenvalue weighted by molar-refractivity contribution is 6.13. The van der Waals surface area contributed by atoms with Crippen molar-refractivity contribution in [2.45, 2.75) is 26.5 Å². The number of urea groups is 1. The van der Waals surface area contributed by atoms with E-state index in [4.69, 9.17) is 14.6 Å². The number of benzene rings is 2. The van der Waals surface area contributed by atoms with E-state index in [0.29, 0.717) is 11.3 Å². The number of carboxylic acids is 1. The van der Waals surface area contributed by atoms with Crippen LogP contribution in [0.1, 0.15) is 23.6 Å². The van der Waals surface area contributed by atoms with E-state index in [-0.39, 0.29) is 18.0 Å². The van der Waals surface area contributed by atoms with Crippen LogP contribution in [0.2, 0.25) is 0 Å². The Morgan fingerprint density at radius 2 is 1.87 bits per heavy atom. The molecule has 1 unspecified atom stereocenters. The van der Waals surface area contributed by atoms with Gasteiger partial charge in [-0.25, -0.2) is 9.59 Å². The zero-order chi connectivity index (χ0) is 21.8. The van der Waals surface area contributed by atoms with E-state index in [9.17, 15) is 14.4 Å². The predicted octanol–water partition coefficient (Wildman–Crippen LogP) is 2.95. The first kappa shape index (κ1) is 20.9. The Labute approximate surface area is 173 Å². The van der Waals surface area contributed by atoms with Crippen LogP contribution in [-0.4, -0.2) is 41.1 Å². The lowest BCUT2D eigenvalue weighted by Crippen LogP contribution is -2.30. The van der Waals surface area contributed by atoms with Crippen molar-refractivity contribution in [2.24, 2.45) is 0 Å². The van der Waals surface area contributed by atoms with Crippen molar-refractivity contribution in [3.8, 4) is 11.5 Å². The maximum Gasteiger partial charge on any atom is 0.344 e. The number of carboxylic acid groups (broad SMARTS) is 1. The third-order valence-corrected chi connectivity index (χ3v) is 4.57. The summed E-state index contributed by atoms with van der Waals surface area (Å²) in [5.74, 6) is -0.960. The van der Waals surface area contributed by atoms with E-state index < -0.39 is 24.0 Å². The summed E-state index contributed by atoms with van der Waals surface area (Å²) in [6.45, 7) is 3.55. The van der Waals surface area contributed by atoms with E-state index in [2.05, 4.69) is 5.32 Å². The second-order valence-electron chi connectivity index (χ2n) is 6.87. The van der Waals surface area contributed by atoms with Crippen molar-refractivity contribution in [3.05, 3.63) is 64.9 Å². The first-order chi connectivity index (χ1) is 14.3. The van der Waals surface area contributed by atoms with Gasteiger partial charge in [-0.2, -0.15) is 0 Å². The lowest BCUT2D eigenvalue weighted by atomic mass is 10.1. The lowest BCUT2D eigenvalue weighted by molar-refractivity contribution is -0.144. The smallest absolute Gasteiger partial charge is 0.344 e. The molecule has 2 N–H and O–H groups in total. The van der Waals surface area contributed by atoms with Crippen molar-refractivity contribution in [1.82, 2.24) is 10.2 Å². The molecule has 0 radical (unpaired) electrons. The molecule has 2 aromatic carbocycles. The SMILES string of the molecule is COc1cc(/C=C2\NC(=O)N(Cc3ccc(C)cc3)C2=O)ccc1OC(C)C(=O)O. The number of rotatable bonds is 7. The molecule has 0 aliphatic carbocycles. The minimum atomic E-state index is -1.10. The number of amides is 3. The maximum absolute atomic E-state index is 12.7. The van der Waals surface area contributed by atoms with E-state index in [1.165, 1.54) is 20.1 Å². The van der Waals surface area contributed by atoms with Crippen LogP contribution in [0.25, 0.3) is 6.08 Å². The Bertz CT molecular complexity index is 1010. The van der Waals surface area contributed by atoms with Gasteiger partial charge in [-0.15, -0.1) is 0 Å². The van der Waals surface area contributed by atoms with Crippen molar-refractivity contribution in [1.29, 1.82) is 0 Å². The number of hydrogen-bond donors (Lipinski definition) is 2. The third-order valence-electron chi connectivity index (χ3n) is 4.57. The molecule has 3 amide bonds. The number of hydrogen-bond acceptors (Lipinski definition) is 5. The van der Waals surface area contributed by atoms with E-state index in [1.54, 1.807) is 18.2 Å². The fourth-order valence-corrected chi connectivity index (χ4v) is 2.87. The van der Waals surface area contributed by atoms with Crippen LogP contribution >= 0.6 is 0 Å². The highest BCUT2D eigenvalue weighted by Gasteiger charge is 2.33. The van der Waals surface area contributed by atoms with Gasteiger partial charge in [-0.05, 0) is 43.2 Å². The number of nitrogens with one attached hydrogen (secondary N) is 1. The lowest BCUT2D eigenvalue weighted by Gasteiger charge is -2.14. The molecule has 1 aliphatic heterocycles. The molecule has 0 aromatic heterocycles. The fourth-order valence-electron chi connectivity index (χ4n) is 2.87. The number of imide groups is 1. The Morgan fingerprint density at radius 1 is 1.17 bits per heavy atom. The summed E-state index contributed by atoms with van der Waals surface area (Å²) in [7, 11) is 1.43. The zero-order valence-electron chi connectivity index (χ0n) is 16.8. The monoisotopic (exact) mass is 410 g/mol. The van der Waals surface area contributed by atoms with Gasteiger partial charge in [0.05, 0.1) is 13.7 Å². The molecule has 8 nitrogen and oxygen atoms in total. The summed E-state index contributed by atoms with van der Waals surface area (Å²) in [5, 5.41) is 11.6. The Kier molecular flexibility index (Phi) is 6.06. The first-order valence-corrected chi connectivity index (χ1v) is 9.26. The summed E-state index contributed by atoms with van der Waals surface area (Å²) in [4.78, 5) is 37.1. The molecule has 3 rings (SSSR count). The predicted molar refractivity (Wildman–Crippen MR) is 109 cm³/mol. The van der Waals surface area contributed by atoms with Gasteiger partial charge in [-0.1, -0.05) is 35.9 Å². The first-order valence-electron chi connectivity index (χ1n) is 9.26. The Balaban J connectivity index is 1.79. The quantitative estimate of drug-likeness (QED) is 0.537. The molecule has 30 heavy (non-hydrogen) atoms. The highest BCUT2D eigenvalue weighted by atomic mass is 16.5. The van der Waals surface area contributed by atoms with Crippen LogP contribution in [-0.2, 0) is 16.1 Å². The maximum atomic E-state index is 12.7. The molecule has 1 heterocycles. The van der Waals surface area contributed by atoms with Gasteiger partial charge in [0.15, 0.2) is 17.6 Å². The van der Waals surface area contributed by atoms with Crippen molar-refractivity contribution < 1.29 is 29.0 Å². The van der Waals surface area contributed by atoms with Crippen LogP contribution < -0.4 is 14.8 Å². The number of nitrogens with zero attached hydrogens (tertiary/aromatic N) is 1. The van der Waals surface area contributed by atoms with Crippen molar-refractivity contribution >= 4 is 24.0 Å². The summed E-state index contributed by atoms with van der Waals surface area (Å²) in [6.07, 6.45) is 0.483. The van der Waals surface area contributed by atoms with E-state index in [1.807, 2.05) is 31.2 Å². The number of carbonyl (C=O) groups excluding carboxylic acids is 2. The van der Waals surface area contributed by atoms with Crippen molar-refractivity contribution in [2.75, 3.05) is 7.11 Å². The highest BCUT2D eigenvalue weighted by Crippen LogP contribution is 2.30. The molecule has 0 saturated carbocycles. The average Bonchev–Trinajstić information content (AvgIpc) is 2.97. The second kappa shape index (κ2) is 8.69. The molecule has 0 bridgehead atoms. The van der Waals surface area contributed by atoms with Gasteiger partial charge in [0.2, 0.25) is 0 Å². The van der Waals surface area contributed by atoms with Crippen LogP contribution in [0, 0.1) is 6.92 Å². The molecule has 0 spiro atoms. The molecule has 2 aromatic rings. The third kappa shape index (κ3) is 4.60. The largest absolute Gasteiger partial charge is 0.493 e. The average molecular weight is 410 g/mol. The van der Waals surface area contributed by atoms with Gasteiger partial charge < -0.3 is 19.9 Å². The van der Waals surface area contributed by atoms with Gasteiger partial charge >= 0.3 is 12.0 Å². The summed E-state index contributed by atoms with van der Waals surface area (Å²) >= 11 is 0. The topological polar surface area (TPSA) is 105 Å². The summed E-state index contributed by atoms with van der Waals surface area (Å²) < 4.78 is 10.6. The molecule has 8 heteroatoms. The number of methoxy groups -OCH3 is 1. The molecule has 1 aliphatic rings. The molecule has 1 saturated heterocycles. The van der Waals surface area contributed by atoms with E-state index >= 15 is 0 Å². The summed E-state index contributed by atoms with van der Waals surface area (Å²) in [5.41, 5.74) is 2.67. The molecule has 1 atom stereocenters. The molecule has 156 valence electrons. The zero-order valence-corrected chi connectivity index (χ0v) is 16.8. The number of aliphatic carboxylic acids is 1. The van der Waals surface area contributed by atoms with Crippen LogP contribution in [0.4, 0.5) is 4.79 Å². The summed E-state index contributed by atoms with van der Waals surface area (Å²) in [6, 6.07) is 11.9. The number of carbonyl (C=O) groups is 3. The van der Waals surface area contributed by atoms with Gasteiger partial charge in [0, 0.05) is 0 Å². The molecule has 1 fully saturated rings. The standard InChI is InChI=1S/C22H22N2O6/c1-13-4-6-15(7-5-13)12-24-20(25)17(23-22(24)28)10-16-8-9-18(19(11-16)29-3)30-14(2)21(26)27/h4-11,14H,12H2,1-3H3,(H,23,28)(H,26,27)/b17-10-. The van der Waals surface area contributed by atoms with Gasteiger partial charge in [0.25, 0.3) is 5.91 Å². The van der Waals surface area contributed by atoms with Crippen molar-refractivity contribution in [3.63, 3.8) is 0 Å². The number of ether oxygens (including phenoxy) is 2. The molecular formula is C22H22N2O6. The number of aryl methyl sites for hydroxylation is 1. The second-order valence-corrected chi connectivity index (χ2v) is 6.87. The minimum absolute atomic E-state index is 0.140. The van der Waals surface area contributed by atoms with Crippen LogP contribution in [0.15, 0.2) is 48.2 Å². The van der Waals surface area contributed by atoms with E-state index in [0.717, 1.165) is 16.0 Å². The van der Waals surface area contributed by atoms with Gasteiger partial charge in [-0.3, -0.25) is 9.69 Å². The Hall–Kier alpha value is -3.81. The molecular weight excluding hydrogens is 388 g/mol. The normalized spacial score (nSPS) is 15.8. The fraction of sp³-hybridized carbons (Fsp3) is 0.227. The minimum Gasteiger partial charge on any atom is -0.493 e. The van der Waals surface area contributed by atoms with Gasteiger partial charge in [0.1, 0.15) is 5.70 Å². The van der Waals surface area contributed by atoms with Crippen LogP contribution in [0.3, 0.4) is 0 Å².